The summed E-state index contributed by atoms with van der Waals surface area (Å²) < 4.78 is 12.5. The van der Waals surface area contributed by atoms with Crippen LogP contribution < -0.4 is 24.2 Å². The van der Waals surface area contributed by atoms with Gasteiger partial charge in [-0.1, -0.05) is 104 Å². The number of aliphatic hydroxyl groups excluding tert-OH is 1. The Morgan fingerprint density at radius 1 is 0.667 bits per heavy atom. The molecule has 0 bridgehead atoms. The molecule has 342 valence electrons. The Hall–Kier alpha value is -8.32. The van der Waals surface area contributed by atoms with Crippen molar-refractivity contribution in [2.75, 3.05) is 21.3 Å². The molecule has 0 saturated heterocycles. The standard InChI is InChI=1S/C57H46N4O8/c1-36(13-12-24-53(63)58-34-39-15-3-2-14-38(39)31-42(58)35-62)57(67)45-32-41(61-48-19-7-11-23-52(48)69-50-21-9-5-17-44(50)55(61)65)29-30-46(45)59(56(57)66)33-37-25-27-40(28-26-37)60-47-18-6-10-22-51(47)68-49-20-8-4-16-43(49)54(60)64/h2-23,25-30,32,36,42,62,67H,24,31,33-35H2,1H3/b13-12+/t36-,42-,57+/m0/s1. The van der Waals surface area contributed by atoms with Crippen molar-refractivity contribution in [2.45, 2.75) is 44.5 Å². The van der Waals surface area contributed by atoms with Crippen molar-refractivity contribution in [3.63, 3.8) is 0 Å². The molecule has 4 aliphatic rings. The highest BCUT2D eigenvalue weighted by Gasteiger charge is 2.53. The molecule has 69 heavy (non-hydrogen) atoms. The molecule has 4 amide bonds. The maximum atomic E-state index is 15.1. The largest absolute Gasteiger partial charge is 0.454 e. The predicted molar refractivity (Wildman–Crippen MR) is 261 cm³/mol. The van der Waals surface area contributed by atoms with Crippen molar-refractivity contribution < 1.29 is 38.9 Å². The molecule has 11 rings (SSSR count). The van der Waals surface area contributed by atoms with Crippen molar-refractivity contribution in [3.05, 3.63) is 209 Å². The highest BCUT2D eigenvalue weighted by Crippen LogP contribution is 2.50. The Balaban J connectivity index is 0.936. The Morgan fingerprint density at radius 2 is 1.20 bits per heavy atom. The molecule has 0 unspecified atom stereocenters. The third kappa shape index (κ3) is 7.41. The zero-order chi connectivity index (χ0) is 47.4. The van der Waals surface area contributed by atoms with Gasteiger partial charge in [0.15, 0.2) is 17.1 Å². The quantitative estimate of drug-likeness (QED) is 0.137. The van der Waals surface area contributed by atoms with Crippen LogP contribution in [0, 0.1) is 5.92 Å². The van der Waals surface area contributed by atoms with Crippen LogP contribution in [0.5, 0.6) is 23.0 Å². The van der Waals surface area contributed by atoms with Crippen molar-refractivity contribution in [2.24, 2.45) is 5.92 Å². The number of hydrogen-bond acceptors (Lipinski definition) is 8. The van der Waals surface area contributed by atoms with E-state index in [0.29, 0.717) is 75.5 Å². The number of benzene rings is 7. The SMILES string of the molecule is C[C@@H](/C=C/CC(=O)N1Cc2ccccc2C[C@H]1CO)[C@]1(O)C(=O)N(Cc2ccc(N3C(=O)c4ccccc4Oc4ccccc43)cc2)c2ccc(N3C(=O)c4ccccc4Oc4ccccc43)cc21. The molecule has 0 aromatic heterocycles. The number of carbonyl (C=O) groups excluding carboxylic acids is 4. The molecule has 7 aromatic rings. The lowest BCUT2D eigenvalue weighted by Gasteiger charge is -2.36. The van der Waals surface area contributed by atoms with Gasteiger partial charge in [0.2, 0.25) is 5.91 Å². The fraction of sp³-hybridized carbons (Fsp3) is 0.158. The second-order valence-corrected chi connectivity index (χ2v) is 17.7. The van der Waals surface area contributed by atoms with Crippen molar-refractivity contribution >= 4 is 52.1 Å². The number of ether oxygens (including phenoxy) is 2. The number of hydrogen-bond donors (Lipinski definition) is 2. The van der Waals surface area contributed by atoms with Crippen LogP contribution in [0.25, 0.3) is 0 Å². The number of nitrogens with zero attached hydrogens (tertiary/aromatic N) is 4. The first-order chi connectivity index (χ1) is 33.6. The number of anilines is 5. The van der Waals surface area contributed by atoms with Gasteiger partial charge in [-0.3, -0.25) is 29.0 Å². The van der Waals surface area contributed by atoms with E-state index in [1.165, 1.54) is 9.80 Å². The van der Waals surface area contributed by atoms with Crippen molar-refractivity contribution in [3.8, 4) is 23.0 Å². The lowest BCUT2D eigenvalue weighted by molar-refractivity contribution is -0.139. The lowest BCUT2D eigenvalue weighted by Crippen LogP contribution is -2.46. The lowest BCUT2D eigenvalue weighted by atomic mass is 9.82. The topological polar surface area (TPSA) is 140 Å². The first kappa shape index (κ1) is 43.3. The Morgan fingerprint density at radius 3 is 1.83 bits per heavy atom. The zero-order valence-corrected chi connectivity index (χ0v) is 37.6. The van der Waals surface area contributed by atoms with Crippen molar-refractivity contribution in [1.82, 2.24) is 4.90 Å². The van der Waals surface area contributed by atoms with E-state index in [1.807, 2.05) is 91.0 Å². The Kier molecular flexibility index (Phi) is 10.9. The zero-order valence-electron chi connectivity index (χ0n) is 37.6. The monoisotopic (exact) mass is 914 g/mol. The summed E-state index contributed by atoms with van der Waals surface area (Å²) >= 11 is 0. The number of fused-ring (bicyclic) bond motifs is 6. The molecule has 0 radical (unpaired) electrons. The van der Waals surface area contributed by atoms with Gasteiger partial charge >= 0.3 is 0 Å². The summed E-state index contributed by atoms with van der Waals surface area (Å²) in [5.41, 5.74) is 4.26. The summed E-state index contributed by atoms with van der Waals surface area (Å²) in [5.74, 6) is -0.402. The second kappa shape index (κ2) is 17.4. The number of rotatable bonds is 9. The van der Waals surface area contributed by atoms with Gasteiger partial charge in [-0.25, -0.2) is 0 Å². The minimum atomic E-state index is -2.14. The number of para-hydroxylation sites is 6. The molecule has 4 heterocycles. The van der Waals surface area contributed by atoms with Crippen LogP contribution in [-0.2, 0) is 34.7 Å². The van der Waals surface area contributed by atoms with E-state index in [2.05, 4.69) is 0 Å². The van der Waals surface area contributed by atoms with Gasteiger partial charge in [0, 0.05) is 35.8 Å². The number of amides is 4. The fourth-order valence-corrected chi connectivity index (χ4v) is 9.97. The summed E-state index contributed by atoms with van der Waals surface area (Å²) in [4.78, 5) is 63.9. The van der Waals surface area contributed by atoms with Crippen LogP contribution in [0.2, 0.25) is 0 Å². The van der Waals surface area contributed by atoms with E-state index < -0.39 is 17.4 Å². The molecule has 0 spiro atoms. The molecule has 0 fully saturated rings. The summed E-state index contributed by atoms with van der Waals surface area (Å²) in [5, 5.41) is 23.3. The van der Waals surface area contributed by atoms with Gasteiger partial charge in [0.25, 0.3) is 17.7 Å². The van der Waals surface area contributed by atoms with Crippen LogP contribution >= 0.6 is 0 Å². The van der Waals surface area contributed by atoms with Gasteiger partial charge in [-0.15, -0.1) is 0 Å². The second-order valence-electron chi connectivity index (χ2n) is 17.7. The van der Waals surface area contributed by atoms with Crippen LogP contribution in [0.1, 0.15) is 56.3 Å². The van der Waals surface area contributed by atoms with E-state index in [-0.39, 0.29) is 48.9 Å². The van der Waals surface area contributed by atoms with Gasteiger partial charge in [-0.2, -0.15) is 0 Å². The van der Waals surface area contributed by atoms with Crippen LogP contribution in [0.3, 0.4) is 0 Å². The van der Waals surface area contributed by atoms with E-state index in [0.717, 1.165) is 16.7 Å². The fourth-order valence-electron chi connectivity index (χ4n) is 9.97. The molecule has 0 saturated carbocycles. The maximum Gasteiger partial charge on any atom is 0.266 e. The smallest absolute Gasteiger partial charge is 0.266 e. The minimum absolute atomic E-state index is 0.0174. The van der Waals surface area contributed by atoms with Crippen LogP contribution in [0.4, 0.5) is 28.4 Å². The third-order valence-electron chi connectivity index (χ3n) is 13.6. The van der Waals surface area contributed by atoms with Gasteiger partial charge in [0.05, 0.1) is 47.4 Å². The Bertz CT molecular complexity index is 3240. The summed E-state index contributed by atoms with van der Waals surface area (Å²) in [6, 6.07) is 48.7. The van der Waals surface area contributed by atoms with Gasteiger partial charge in [-0.05, 0) is 102 Å². The minimum Gasteiger partial charge on any atom is -0.454 e. The molecule has 2 N–H and O–H groups in total. The van der Waals surface area contributed by atoms with Gasteiger partial charge in [0.1, 0.15) is 11.5 Å². The first-order valence-corrected chi connectivity index (χ1v) is 22.9. The van der Waals surface area contributed by atoms with E-state index in [4.69, 9.17) is 9.47 Å². The molecule has 3 atom stereocenters. The molecule has 0 aliphatic carbocycles. The average Bonchev–Trinajstić information content (AvgIpc) is 3.45. The maximum absolute atomic E-state index is 15.1. The Labute approximate surface area is 398 Å². The predicted octanol–water partition coefficient (Wildman–Crippen LogP) is 10.1. The normalized spacial score (nSPS) is 18.5. The summed E-state index contributed by atoms with van der Waals surface area (Å²) in [6.45, 7) is 1.98. The molecule has 12 nitrogen and oxygen atoms in total. The van der Waals surface area contributed by atoms with E-state index >= 15 is 4.79 Å². The third-order valence-corrected chi connectivity index (χ3v) is 13.6. The van der Waals surface area contributed by atoms with Crippen molar-refractivity contribution in [1.29, 1.82) is 0 Å². The number of carbonyl (C=O) groups is 4. The highest BCUT2D eigenvalue weighted by atomic mass is 16.5. The first-order valence-electron chi connectivity index (χ1n) is 22.9. The van der Waals surface area contributed by atoms with Gasteiger partial charge < -0.3 is 29.5 Å². The van der Waals surface area contributed by atoms with Crippen LogP contribution in [0.15, 0.2) is 176 Å². The summed E-state index contributed by atoms with van der Waals surface area (Å²) in [7, 11) is 0. The van der Waals surface area contributed by atoms with E-state index in [9.17, 15) is 24.6 Å². The molecular weight excluding hydrogens is 869 g/mol. The summed E-state index contributed by atoms with van der Waals surface area (Å²) in [6.07, 6.45) is 3.88. The molecule has 12 heteroatoms. The van der Waals surface area contributed by atoms with E-state index in [1.54, 1.807) is 102 Å². The number of aliphatic hydroxyl groups is 2. The van der Waals surface area contributed by atoms with Crippen LogP contribution in [-0.4, -0.2) is 51.4 Å². The molecule has 4 aliphatic heterocycles. The average molecular weight is 915 g/mol. The molecular formula is C57H46N4O8. The highest BCUT2D eigenvalue weighted by molar-refractivity contribution is 6.16. The molecule has 7 aromatic carbocycles.